The largest absolute Gasteiger partial charge is 0.466 e. The summed E-state index contributed by atoms with van der Waals surface area (Å²) in [6.45, 7) is 4.10. The summed E-state index contributed by atoms with van der Waals surface area (Å²) in [6, 6.07) is 34.1. The molecule has 12 rings (SSSR count). The van der Waals surface area contributed by atoms with E-state index < -0.39 is 70.7 Å². The predicted molar refractivity (Wildman–Crippen MR) is 236 cm³/mol. The maximum Gasteiger partial charge on any atom is 0.339 e. The smallest absolute Gasteiger partial charge is 0.339 e. The van der Waals surface area contributed by atoms with Crippen LogP contribution in [0.4, 0.5) is 11.4 Å². The van der Waals surface area contributed by atoms with Crippen LogP contribution >= 0.6 is 0 Å². The van der Waals surface area contributed by atoms with Gasteiger partial charge in [-0.3, -0.25) is 9.59 Å². The highest BCUT2D eigenvalue weighted by Crippen LogP contribution is 2.64. The van der Waals surface area contributed by atoms with Crippen molar-refractivity contribution in [1.82, 2.24) is 9.80 Å². The molecule has 7 aliphatic heterocycles. The molecule has 14 heteroatoms. The topological polar surface area (TPSA) is 166 Å². The summed E-state index contributed by atoms with van der Waals surface area (Å²) in [4.78, 5) is 65.8. The van der Waals surface area contributed by atoms with E-state index in [1.54, 1.807) is 50.4 Å². The van der Waals surface area contributed by atoms with Crippen molar-refractivity contribution < 1.29 is 38.1 Å². The average Bonchev–Trinajstić information content (AvgIpc) is 3.69. The van der Waals surface area contributed by atoms with Crippen LogP contribution in [0, 0.1) is 53.8 Å². The van der Waals surface area contributed by atoms with E-state index in [0.29, 0.717) is 22.5 Å². The van der Waals surface area contributed by atoms with E-state index in [2.05, 4.69) is 12.1 Å². The number of rotatable bonds is 6. The van der Waals surface area contributed by atoms with Crippen molar-refractivity contribution >= 4 is 35.1 Å². The molecule has 2 spiro atoms. The number of nitriles is 2. The second kappa shape index (κ2) is 14.6. The Bertz CT molecular complexity index is 3030. The number of anilines is 2. The van der Waals surface area contributed by atoms with Gasteiger partial charge in [-0.1, -0.05) is 96.1 Å². The highest BCUT2D eigenvalue weighted by molar-refractivity contribution is 6.15. The van der Waals surface area contributed by atoms with E-state index in [4.69, 9.17) is 18.9 Å². The molecule has 7 heterocycles. The quantitative estimate of drug-likeness (QED) is 0.207. The zero-order valence-corrected chi connectivity index (χ0v) is 36.4. The molecule has 0 aromatic heterocycles. The number of carbonyl (C=O) groups excluding carboxylic acids is 4. The first-order valence-electron chi connectivity index (χ1n) is 21.6. The van der Waals surface area contributed by atoms with Crippen molar-refractivity contribution in [2.75, 3.05) is 24.0 Å². The predicted octanol–water partition coefficient (Wildman–Crippen LogP) is 6.03. The monoisotopic (exact) mass is 878 g/mol. The van der Waals surface area contributed by atoms with Gasteiger partial charge < -0.3 is 38.5 Å². The zero-order chi connectivity index (χ0) is 45.9. The molecular weight excluding hydrogens is 837 g/mol. The molecule has 0 N–H and O–H groups in total. The van der Waals surface area contributed by atoms with Gasteiger partial charge in [-0.05, 0) is 49.3 Å². The minimum absolute atomic E-state index is 0.0676. The van der Waals surface area contributed by atoms with E-state index in [0.717, 1.165) is 22.3 Å². The fourth-order valence-corrected chi connectivity index (χ4v) is 11.4. The van der Waals surface area contributed by atoms with Gasteiger partial charge in [0.2, 0.25) is 11.2 Å². The standard InChI is InChI=1S/C52H42N6O8/c1-30-15-17-39-35(21-30)51(48(61)56(39)25-32-11-7-5-8-12-32)37(46(59)63-3)27-55-20-19-50(29-54)41-23-34(24-53)42(43(50)45(55)66-51)44-58(41)28-38(47(60)64-4)52(65-44)36-22-31(2)16-18-40(36)57(49(52)62)26-33-13-9-6-10-14-33/h5-23,27-28,41-45H,25-26H2,1-4H3. The van der Waals surface area contributed by atoms with Crippen molar-refractivity contribution in [3.05, 3.63) is 178 Å². The van der Waals surface area contributed by atoms with Gasteiger partial charge in [-0.2, -0.15) is 10.5 Å². The molecule has 1 saturated heterocycles. The minimum atomic E-state index is -2.05. The fraction of sp³-hybridized carbons (Fsp3) is 0.269. The van der Waals surface area contributed by atoms with Gasteiger partial charge in [0, 0.05) is 47.1 Å². The summed E-state index contributed by atoms with van der Waals surface area (Å²) in [7, 11) is 2.48. The second-order valence-corrected chi connectivity index (χ2v) is 17.7. The third-order valence-corrected chi connectivity index (χ3v) is 14.3. The molecule has 66 heavy (non-hydrogen) atoms. The maximum atomic E-state index is 15.5. The van der Waals surface area contributed by atoms with Crippen LogP contribution in [0.15, 0.2) is 145 Å². The number of esters is 2. The molecule has 4 aromatic carbocycles. The summed E-state index contributed by atoms with van der Waals surface area (Å²) in [5, 5.41) is 22.6. The second-order valence-electron chi connectivity index (χ2n) is 17.7. The number of ether oxygens (including phenoxy) is 4. The lowest BCUT2D eigenvalue weighted by Gasteiger charge is -2.64. The first-order valence-corrected chi connectivity index (χ1v) is 21.6. The number of amides is 2. The summed E-state index contributed by atoms with van der Waals surface area (Å²) in [5.74, 6) is -4.62. The molecule has 8 unspecified atom stereocenters. The summed E-state index contributed by atoms with van der Waals surface area (Å²) in [6.07, 6.45) is 5.87. The van der Waals surface area contributed by atoms with Crippen LogP contribution in [0.25, 0.3) is 0 Å². The van der Waals surface area contributed by atoms with E-state index in [9.17, 15) is 20.1 Å². The Morgan fingerprint density at radius 1 is 0.712 bits per heavy atom. The minimum Gasteiger partial charge on any atom is -0.466 e. The molecule has 14 nitrogen and oxygen atoms in total. The number of aryl methyl sites for hydroxylation is 2. The van der Waals surface area contributed by atoms with Gasteiger partial charge in [0.25, 0.3) is 11.8 Å². The SMILES string of the molecule is COC(=O)C1=CN2C=CC3(C#N)C(C4C(C#N)=CC3N3C=C(C(=O)OC)C5(OC43)C(=O)N(Cc3ccccc3)c3ccc(C)cc35)C2OC12C(=O)N(Cc1ccccc1)c1ccc(C)cc12. The van der Waals surface area contributed by atoms with Crippen LogP contribution in [0.1, 0.15) is 33.4 Å². The maximum absolute atomic E-state index is 15.5. The van der Waals surface area contributed by atoms with Crippen LogP contribution in [-0.2, 0) is 62.4 Å². The molecule has 328 valence electrons. The molecule has 2 amide bonds. The fourth-order valence-electron chi connectivity index (χ4n) is 11.4. The van der Waals surface area contributed by atoms with Gasteiger partial charge in [0.05, 0.1) is 68.0 Å². The van der Waals surface area contributed by atoms with E-state index in [1.807, 2.05) is 111 Å². The Labute approximate surface area is 380 Å². The van der Waals surface area contributed by atoms with Gasteiger partial charge in [0.1, 0.15) is 17.9 Å². The molecule has 0 saturated carbocycles. The molecule has 8 aliphatic rings. The van der Waals surface area contributed by atoms with E-state index >= 15 is 9.59 Å². The van der Waals surface area contributed by atoms with Crippen molar-refractivity contribution in [2.45, 2.75) is 56.6 Å². The van der Waals surface area contributed by atoms with Crippen LogP contribution < -0.4 is 9.80 Å². The first kappa shape index (κ1) is 41.0. The molecule has 1 fully saturated rings. The van der Waals surface area contributed by atoms with Crippen LogP contribution in [-0.4, -0.2) is 66.3 Å². The van der Waals surface area contributed by atoms with Crippen molar-refractivity contribution in [3.8, 4) is 12.1 Å². The van der Waals surface area contributed by atoms with Crippen LogP contribution in [0.2, 0.25) is 0 Å². The van der Waals surface area contributed by atoms with Crippen molar-refractivity contribution in [1.29, 1.82) is 10.5 Å². The number of methoxy groups -OCH3 is 2. The zero-order valence-electron chi connectivity index (χ0n) is 36.4. The van der Waals surface area contributed by atoms with E-state index in [-0.39, 0.29) is 29.8 Å². The summed E-state index contributed by atoms with van der Waals surface area (Å²) in [5.41, 5.74) is -0.194. The highest BCUT2D eigenvalue weighted by atomic mass is 16.6. The number of carbonyl (C=O) groups is 4. The number of hydrogen-bond acceptors (Lipinski definition) is 12. The van der Waals surface area contributed by atoms with Crippen LogP contribution in [0.3, 0.4) is 0 Å². The Kier molecular flexibility index (Phi) is 9.07. The number of hydrogen-bond donors (Lipinski definition) is 0. The third-order valence-electron chi connectivity index (χ3n) is 14.3. The number of benzene rings is 4. The van der Waals surface area contributed by atoms with Crippen molar-refractivity contribution in [2.24, 2.45) is 17.3 Å². The molecular formula is C52H42N6O8. The van der Waals surface area contributed by atoms with Crippen molar-refractivity contribution in [3.63, 3.8) is 0 Å². The lowest BCUT2D eigenvalue weighted by atomic mass is 9.54. The molecule has 2 bridgehead atoms. The Hall–Kier alpha value is -7.78. The van der Waals surface area contributed by atoms with Crippen LogP contribution in [0.5, 0.6) is 0 Å². The Morgan fingerprint density at radius 3 is 1.73 bits per heavy atom. The average molecular weight is 879 g/mol. The highest BCUT2D eigenvalue weighted by Gasteiger charge is 2.72. The summed E-state index contributed by atoms with van der Waals surface area (Å²) >= 11 is 0. The number of nitrogens with zero attached hydrogens (tertiary/aromatic N) is 6. The lowest BCUT2D eigenvalue weighted by molar-refractivity contribution is -0.253. The molecule has 1 aliphatic carbocycles. The molecule has 4 aromatic rings. The third kappa shape index (κ3) is 5.34. The normalized spacial score (nSPS) is 29.5. The van der Waals surface area contributed by atoms with E-state index in [1.165, 1.54) is 14.2 Å². The Morgan fingerprint density at radius 2 is 1.23 bits per heavy atom. The van der Waals surface area contributed by atoms with Gasteiger partial charge in [-0.25, -0.2) is 9.59 Å². The molecule has 0 radical (unpaired) electrons. The molecule has 8 atom stereocenters. The van der Waals surface area contributed by atoms with Gasteiger partial charge in [-0.15, -0.1) is 0 Å². The number of piperidine rings is 1. The van der Waals surface area contributed by atoms with Gasteiger partial charge in [0.15, 0.2) is 0 Å². The Balaban J connectivity index is 1.09. The lowest BCUT2D eigenvalue weighted by Crippen LogP contribution is -2.73. The number of fused-ring (bicyclic) bond motifs is 5. The first-order chi connectivity index (χ1) is 31.9. The van der Waals surface area contributed by atoms with Gasteiger partial charge >= 0.3 is 11.9 Å². The summed E-state index contributed by atoms with van der Waals surface area (Å²) < 4.78 is 25.4.